The van der Waals surface area contributed by atoms with Crippen molar-refractivity contribution < 1.29 is 0 Å². The molecule has 0 saturated carbocycles. The molecule has 1 aliphatic carbocycles. The molecule has 1 atom stereocenters. The molecular formula is C18H25N3. The van der Waals surface area contributed by atoms with Gasteiger partial charge in [-0.1, -0.05) is 38.1 Å². The second-order valence-electron chi connectivity index (χ2n) is 5.98. The van der Waals surface area contributed by atoms with Crippen LogP contribution >= 0.6 is 0 Å². The van der Waals surface area contributed by atoms with Crippen LogP contribution in [0.4, 0.5) is 5.69 Å². The molecule has 1 unspecified atom stereocenters. The number of hydrogen-bond donors (Lipinski definition) is 1. The van der Waals surface area contributed by atoms with Crippen LogP contribution in [-0.2, 0) is 25.8 Å². The molecule has 0 radical (unpaired) electrons. The van der Waals surface area contributed by atoms with Crippen molar-refractivity contribution in [1.29, 1.82) is 0 Å². The molecule has 0 aliphatic heterocycles. The monoisotopic (exact) mass is 283 g/mol. The Kier molecular flexibility index (Phi) is 4.00. The zero-order valence-corrected chi connectivity index (χ0v) is 13.1. The van der Waals surface area contributed by atoms with E-state index in [0.717, 1.165) is 30.8 Å². The van der Waals surface area contributed by atoms with Crippen LogP contribution in [0.25, 0.3) is 0 Å². The third-order valence-corrected chi connectivity index (χ3v) is 4.73. The van der Waals surface area contributed by atoms with E-state index in [4.69, 9.17) is 10.8 Å². The zero-order chi connectivity index (χ0) is 14.8. The van der Waals surface area contributed by atoms with Crippen molar-refractivity contribution in [1.82, 2.24) is 9.78 Å². The van der Waals surface area contributed by atoms with Gasteiger partial charge in [-0.05, 0) is 43.2 Å². The van der Waals surface area contributed by atoms with Crippen molar-refractivity contribution in [2.45, 2.75) is 58.4 Å². The normalized spacial score (nSPS) is 17.7. The number of benzene rings is 1. The summed E-state index contributed by atoms with van der Waals surface area (Å²) in [5.74, 6) is 0.573. The van der Waals surface area contributed by atoms with E-state index in [1.54, 1.807) is 0 Å². The molecule has 0 saturated heterocycles. The first-order valence-electron chi connectivity index (χ1n) is 8.16. The van der Waals surface area contributed by atoms with Gasteiger partial charge in [0.2, 0.25) is 0 Å². The van der Waals surface area contributed by atoms with Crippen LogP contribution < -0.4 is 5.73 Å². The second kappa shape index (κ2) is 5.92. The summed E-state index contributed by atoms with van der Waals surface area (Å²) < 4.78 is 2.17. The molecular weight excluding hydrogens is 258 g/mol. The SMILES string of the molecule is CCc1nn(CC2CCCc3ccccc32)c(CC)c1N. The maximum atomic E-state index is 6.24. The average molecular weight is 283 g/mol. The summed E-state index contributed by atoms with van der Waals surface area (Å²) in [6.07, 6.45) is 5.61. The first-order valence-corrected chi connectivity index (χ1v) is 8.16. The van der Waals surface area contributed by atoms with Crippen LogP contribution in [0.2, 0.25) is 0 Å². The molecule has 3 rings (SSSR count). The van der Waals surface area contributed by atoms with E-state index in [-0.39, 0.29) is 0 Å². The number of hydrogen-bond acceptors (Lipinski definition) is 2. The Bertz CT molecular complexity index is 627. The number of aromatic nitrogens is 2. The van der Waals surface area contributed by atoms with Gasteiger partial charge in [0.05, 0.1) is 17.1 Å². The minimum atomic E-state index is 0.573. The Labute approximate surface area is 127 Å². The summed E-state index contributed by atoms with van der Waals surface area (Å²) in [6, 6.07) is 8.88. The number of nitrogens with two attached hydrogens (primary N) is 1. The number of anilines is 1. The lowest BCUT2D eigenvalue weighted by molar-refractivity contribution is 0.446. The number of fused-ring (bicyclic) bond motifs is 1. The predicted octanol–water partition coefficient (Wildman–Crippen LogP) is 3.71. The first-order chi connectivity index (χ1) is 10.2. The maximum Gasteiger partial charge on any atom is 0.0854 e. The molecule has 2 aromatic rings. The van der Waals surface area contributed by atoms with Crippen LogP contribution in [0.15, 0.2) is 24.3 Å². The lowest BCUT2D eigenvalue weighted by atomic mass is 9.83. The fourth-order valence-corrected chi connectivity index (χ4v) is 3.60. The third kappa shape index (κ3) is 2.57. The number of rotatable bonds is 4. The molecule has 1 aromatic carbocycles. The average Bonchev–Trinajstić information content (AvgIpc) is 2.82. The van der Waals surface area contributed by atoms with Gasteiger partial charge in [-0.2, -0.15) is 5.10 Å². The molecule has 3 nitrogen and oxygen atoms in total. The van der Waals surface area contributed by atoms with Crippen molar-refractivity contribution in [3.63, 3.8) is 0 Å². The highest BCUT2D eigenvalue weighted by Gasteiger charge is 2.22. The van der Waals surface area contributed by atoms with Crippen molar-refractivity contribution in [3.05, 3.63) is 46.8 Å². The molecule has 1 aromatic heterocycles. The number of aryl methyl sites for hydroxylation is 2. The summed E-state index contributed by atoms with van der Waals surface area (Å²) >= 11 is 0. The molecule has 112 valence electrons. The minimum absolute atomic E-state index is 0.573. The van der Waals surface area contributed by atoms with Crippen LogP contribution in [0.5, 0.6) is 0 Å². The standard InChI is InChI=1S/C18H25N3/c1-3-16-18(19)17(4-2)21(20-16)12-14-10-7-9-13-8-5-6-11-15(13)14/h5-6,8,11,14H,3-4,7,9-10,12,19H2,1-2H3. The minimum Gasteiger partial charge on any atom is -0.396 e. The van der Waals surface area contributed by atoms with Gasteiger partial charge < -0.3 is 5.73 Å². The lowest BCUT2D eigenvalue weighted by Crippen LogP contribution is -2.17. The molecule has 0 fully saturated rings. The quantitative estimate of drug-likeness (QED) is 0.929. The van der Waals surface area contributed by atoms with Crippen LogP contribution in [0.1, 0.15) is 55.1 Å². The Hall–Kier alpha value is -1.77. The highest BCUT2D eigenvalue weighted by Crippen LogP contribution is 2.33. The van der Waals surface area contributed by atoms with Gasteiger partial charge in [0.25, 0.3) is 0 Å². The largest absolute Gasteiger partial charge is 0.396 e. The molecule has 0 bridgehead atoms. The Morgan fingerprint density at radius 1 is 1.24 bits per heavy atom. The highest BCUT2D eigenvalue weighted by molar-refractivity contribution is 5.48. The fraction of sp³-hybridized carbons (Fsp3) is 0.500. The molecule has 0 amide bonds. The maximum absolute atomic E-state index is 6.24. The van der Waals surface area contributed by atoms with Gasteiger partial charge in [0, 0.05) is 12.5 Å². The van der Waals surface area contributed by atoms with E-state index in [1.165, 1.54) is 36.1 Å². The highest BCUT2D eigenvalue weighted by atomic mass is 15.3. The van der Waals surface area contributed by atoms with Crippen LogP contribution in [-0.4, -0.2) is 9.78 Å². The van der Waals surface area contributed by atoms with Gasteiger partial charge in [0.15, 0.2) is 0 Å². The Morgan fingerprint density at radius 2 is 2.05 bits per heavy atom. The molecule has 21 heavy (non-hydrogen) atoms. The van der Waals surface area contributed by atoms with E-state index in [0.29, 0.717) is 5.92 Å². The van der Waals surface area contributed by atoms with E-state index >= 15 is 0 Å². The number of nitrogen functional groups attached to an aromatic ring is 1. The fourth-order valence-electron chi connectivity index (χ4n) is 3.60. The van der Waals surface area contributed by atoms with Crippen molar-refractivity contribution in [3.8, 4) is 0 Å². The van der Waals surface area contributed by atoms with Crippen molar-refractivity contribution >= 4 is 5.69 Å². The number of nitrogens with zero attached hydrogens (tertiary/aromatic N) is 2. The molecule has 3 heteroatoms. The van der Waals surface area contributed by atoms with Crippen LogP contribution in [0.3, 0.4) is 0 Å². The molecule has 1 aliphatic rings. The smallest absolute Gasteiger partial charge is 0.0854 e. The summed E-state index contributed by atoms with van der Waals surface area (Å²) in [7, 11) is 0. The summed E-state index contributed by atoms with van der Waals surface area (Å²) in [6.45, 7) is 5.25. The topological polar surface area (TPSA) is 43.8 Å². The summed E-state index contributed by atoms with van der Waals surface area (Å²) in [4.78, 5) is 0. The van der Waals surface area contributed by atoms with Gasteiger partial charge in [-0.15, -0.1) is 0 Å². The Balaban J connectivity index is 1.91. The Morgan fingerprint density at radius 3 is 2.81 bits per heavy atom. The second-order valence-corrected chi connectivity index (χ2v) is 5.98. The van der Waals surface area contributed by atoms with E-state index in [1.807, 2.05) is 0 Å². The third-order valence-electron chi connectivity index (χ3n) is 4.73. The molecule has 2 N–H and O–H groups in total. The van der Waals surface area contributed by atoms with E-state index in [9.17, 15) is 0 Å². The first kappa shape index (κ1) is 14.2. The van der Waals surface area contributed by atoms with Gasteiger partial charge >= 0.3 is 0 Å². The molecule has 1 heterocycles. The van der Waals surface area contributed by atoms with Gasteiger partial charge in [-0.25, -0.2) is 0 Å². The van der Waals surface area contributed by atoms with Gasteiger partial charge in [0.1, 0.15) is 0 Å². The molecule has 0 spiro atoms. The van der Waals surface area contributed by atoms with Crippen molar-refractivity contribution in [2.75, 3.05) is 5.73 Å². The lowest BCUT2D eigenvalue weighted by Gasteiger charge is -2.26. The summed E-state index contributed by atoms with van der Waals surface area (Å²) in [5, 5.41) is 4.76. The van der Waals surface area contributed by atoms with E-state index < -0.39 is 0 Å². The van der Waals surface area contributed by atoms with Crippen molar-refractivity contribution in [2.24, 2.45) is 0 Å². The van der Waals surface area contributed by atoms with E-state index in [2.05, 4.69) is 42.8 Å². The zero-order valence-electron chi connectivity index (χ0n) is 13.1. The predicted molar refractivity (Wildman–Crippen MR) is 87.5 cm³/mol. The van der Waals surface area contributed by atoms with Crippen LogP contribution in [0, 0.1) is 0 Å². The summed E-state index contributed by atoms with van der Waals surface area (Å²) in [5.41, 5.74) is 12.4. The van der Waals surface area contributed by atoms with Gasteiger partial charge in [-0.3, -0.25) is 4.68 Å².